The molecule has 1 fully saturated rings. The van der Waals surface area contributed by atoms with Crippen LogP contribution in [0.15, 0.2) is 18.2 Å². The summed E-state index contributed by atoms with van der Waals surface area (Å²) in [5, 5.41) is 4.48. The van der Waals surface area contributed by atoms with Crippen LogP contribution in [-0.4, -0.2) is 24.4 Å². The van der Waals surface area contributed by atoms with E-state index >= 15 is 0 Å². The van der Waals surface area contributed by atoms with E-state index < -0.39 is 60.6 Å². The van der Waals surface area contributed by atoms with Gasteiger partial charge in [-0.25, -0.2) is 17.6 Å². The van der Waals surface area contributed by atoms with Crippen LogP contribution >= 0.6 is 0 Å². The van der Waals surface area contributed by atoms with Gasteiger partial charge in [-0.05, 0) is 23.8 Å². The number of rotatable bonds is 4. The molecule has 0 aromatic heterocycles. The Balaban J connectivity index is 2.15. The SMILES string of the molecule is CC(F)(F)c1cc(CNC(=O)[C@@H]2CC(F)(F)CN2)cc(C(F)(F)F)c1. The van der Waals surface area contributed by atoms with E-state index in [1.165, 1.54) is 0 Å². The third kappa shape index (κ3) is 5.07. The molecule has 1 heterocycles. The van der Waals surface area contributed by atoms with Gasteiger partial charge in [0.1, 0.15) is 0 Å². The lowest BCUT2D eigenvalue weighted by molar-refractivity contribution is -0.137. The van der Waals surface area contributed by atoms with Crippen LogP contribution in [0.4, 0.5) is 30.7 Å². The maximum Gasteiger partial charge on any atom is 0.416 e. The molecule has 2 rings (SSSR count). The van der Waals surface area contributed by atoms with Crippen LogP contribution in [0.1, 0.15) is 30.0 Å². The molecule has 25 heavy (non-hydrogen) atoms. The highest BCUT2D eigenvalue weighted by Gasteiger charge is 2.42. The van der Waals surface area contributed by atoms with E-state index in [0.29, 0.717) is 19.1 Å². The predicted molar refractivity (Wildman–Crippen MR) is 74.2 cm³/mol. The van der Waals surface area contributed by atoms with E-state index in [0.717, 1.165) is 6.07 Å². The third-order valence-electron chi connectivity index (χ3n) is 3.72. The number of carbonyl (C=O) groups excluding carboxylic acids is 1. The molecule has 1 aromatic carbocycles. The lowest BCUT2D eigenvalue weighted by Crippen LogP contribution is -2.40. The van der Waals surface area contributed by atoms with Gasteiger partial charge in [0.2, 0.25) is 5.91 Å². The molecule has 1 aromatic rings. The summed E-state index contributed by atoms with van der Waals surface area (Å²) in [6.45, 7) is -0.716. The van der Waals surface area contributed by atoms with Crippen LogP contribution in [0.2, 0.25) is 0 Å². The van der Waals surface area contributed by atoms with Crippen molar-refractivity contribution in [1.29, 1.82) is 0 Å². The molecule has 1 aliphatic heterocycles. The second-order valence-electron chi connectivity index (χ2n) is 6.02. The van der Waals surface area contributed by atoms with Gasteiger partial charge in [-0.1, -0.05) is 0 Å². The summed E-state index contributed by atoms with van der Waals surface area (Å²) in [5.74, 6) is -7.38. The first-order valence-corrected chi connectivity index (χ1v) is 7.26. The van der Waals surface area contributed by atoms with E-state index in [4.69, 9.17) is 0 Å². The van der Waals surface area contributed by atoms with Gasteiger partial charge in [0.05, 0.1) is 18.2 Å². The largest absolute Gasteiger partial charge is 0.416 e. The molecule has 0 spiro atoms. The summed E-state index contributed by atoms with van der Waals surface area (Å²) >= 11 is 0. The monoisotopic (exact) mass is 372 g/mol. The number of nitrogens with one attached hydrogen (secondary N) is 2. The van der Waals surface area contributed by atoms with Crippen molar-refractivity contribution in [3.63, 3.8) is 0 Å². The van der Waals surface area contributed by atoms with E-state index in [-0.39, 0.29) is 5.56 Å². The molecule has 3 nitrogen and oxygen atoms in total. The first-order valence-electron chi connectivity index (χ1n) is 7.26. The lowest BCUT2D eigenvalue weighted by Gasteiger charge is -2.17. The molecule has 0 radical (unpaired) electrons. The van der Waals surface area contributed by atoms with E-state index in [1.54, 1.807) is 0 Å². The first kappa shape index (κ1) is 19.5. The lowest BCUT2D eigenvalue weighted by atomic mass is 10.0. The minimum atomic E-state index is -4.84. The Labute approximate surface area is 138 Å². The van der Waals surface area contributed by atoms with E-state index in [9.17, 15) is 35.5 Å². The predicted octanol–water partition coefficient (Wildman–Crippen LogP) is 3.43. The van der Waals surface area contributed by atoms with Crippen LogP contribution in [0.3, 0.4) is 0 Å². The zero-order valence-electron chi connectivity index (χ0n) is 13.0. The number of hydrogen-bond donors (Lipinski definition) is 2. The molecular formula is C15H15F7N2O. The van der Waals surface area contributed by atoms with Crippen LogP contribution in [-0.2, 0) is 23.4 Å². The molecule has 0 bridgehead atoms. The average Bonchev–Trinajstić information content (AvgIpc) is 2.83. The van der Waals surface area contributed by atoms with Gasteiger partial charge < -0.3 is 5.32 Å². The van der Waals surface area contributed by atoms with Crippen molar-refractivity contribution in [3.05, 3.63) is 34.9 Å². The zero-order valence-corrected chi connectivity index (χ0v) is 13.0. The maximum atomic E-state index is 13.4. The summed E-state index contributed by atoms with van der Waals surface area (Å²) in [6.07, 6.45) is -5.57. The first-order chi connectivity index (χ1) is 11.3. The second-order valence-corrected chi connectivity index (χ2v) is 6.02. The summed E-state index contributed by atoms with van der Waals surface area (Å²) in [6, 6.07) is 0.621. The summed E-state index contributed by atoms with van der Waals surface area (Å²) in [5.41, 5.74) is -2.33. The molecule has 1 atom stereocenters. The molecular weight excluding hydrogens is 357 g/mol. The molecule has 10 heteroatoms. The van der Waals surface area contributed by atoms with Crippen LogP contribution in [0.25, 0.3) is 0 Å². The van der Waals surface area contributed by atoms with Gasteiger partial charge in [0.25, 0.3) is 11.8 Å². The minimum absolute atomic E-state index is 0.204. The smallest absolute Gasteiger partial charge is 0.351 e. The Morgan fingerprint density at radius 3 is 2.28 bits per heavy atom. The fourth-order valence-electron chi connectivity index (χ4n) is 2.42. The zero-order chi connectivity index (χ0) is 19.0. The fourth-order valence-corrected chi connectivity index (χ4v) is 2.42. The van der Waals surface area contributed by atoms with Crippen molar-refractivity contribution in [2.24, 2.45) is 0 Å². The average molecular weight is 372 g/mol. The summed E-state index contributed by atoms with van der Waals surface area (Å²) < 4.78 is 91.4. The number of amides is 1. The third-order valence-corrected chi connectivity index (χ3v) is 3.72. The van der Waals surface area contributed by atoms with Gasteiger partial charge in [0.15, 0.2) is 0 Å². The molecule has 1 saturated heterocycles. The Bertz CT molecular complexity index is 620. The molecule has 1 amide bonds. The van der Waals surface area contributed by atoms with Gasteiger partial charge in [0, 0.05) is 25.5 Å². The number of benzene rings is 1. The molecule has 0 aliphatic carbocycles. The number of hydrogen-bond acceptors (Lipinski definition) is 2. The van der Waals surface area contributed by atoms with E-state index in [2.05, 4.69) is 10.6 Å². The standard InChI is InChI=1S/C15H15F7N2O/c1-13(16,17)9-2-8(3-10(4-9)15(20,21)22)6-23-12(25)11-5-14(18,19)7-24-11/h2-4,11,24H,5-7H2,1H3,(H,23,25)/t11-/m0/s1. The highest BCUT2D eigenvalue weighted by molar-refractivity contribution is 5.82. The summed E-state index contributed by atoms with van der Waals surface area (Å²) in [4.78, 5) is 11.8. The van der Waals surface area contributed by atoms with Crippen molar-refractivity contribution >= 4 is 5.91 Å². The van der Waals surface area contributed by atoms with Gasteiger partial charge >= 0.3 is 6.18 Å². The van der Waals surface area contributed by atoms with Crippen molar-refractivity contribution in [3.8, 4) is 0 Å². The Morgan fingerprint density at radius 2 is 1.80 bits per heavy atom. The van der Waals surface area contributed by atoms with Crippen molar-refractivity contribution in [2.75, 3.05) is 6.54 Å². The molecule has 1 aliphatic rings. The quantitative estimate of drug-likeness (QED) is 0.796. The van der Waals surface area contributed by atoms with Gasteiger partial charge in [-0.2, -0.15) is 13.2 Å². The van der Waals surface area contributed by atoms with Gasteiger partial charge in [-0.15, -0.1) is 0 Å². The van der Waals surface area contributed by atoms with Crippen molar-refractivity contribution < 1.29 is 35.5 Å². The molecule has 0 saturated carbocycles. The molecule has 0 unspecified atom stereocenters. The normalized spacial score (nSPS) is 20.6. The van der Waals surface area contributed by atoms with Crippen molar-refractivity contribution in [2.45, 2.75) is 44.0 Å². The van der Waals surface area contributed by atoms with Crippen LogP contribution < -0.4 is 10.6 Å². The number of halogens is 7. The highest BCUT2D eigenvalue weighted by Crippen LogP contribution is 2.35. The topological polar surface area (TPSA) is 41.1 Å². The Morgan fingerprint density at radius 1 is 1.20 bits per heavy atom. The second kappa shape index (κ2) is 6.47. The van der Waals surface area contributed by atoms with Crippen LogP contribution in [0.5, 0.6) is 0 Å². The maximum absolute atomic E-state index is 13.4. The number of alkyl halides is 7. The fraction of sp³-hybridized carbons (Fsp3) is 0.533. The van der Waals surface area contributed by atoms with Crippen molar-refractivity contribution in [1.82, 2.24) is 10.6 Å². The summed E-state index contributed by atoms with van der Waals surface area (Å²) in [7, 11) is 0. The number of carbonyl (C=O) groups is 1. The molecule has 2 N–H and O–H groups in total. The van der Waals surface area contributed by atoms with Gasteiger partial charge in [-0.3, -0.25) is 10.1 Å². The Kier molecular flexibility index (Phi) is 5.04. The molecule has 140 valence electrons. The van der Waals surface area contributed by atoms with Crippen LogP contribution in [0, 0.1) is 0 Å². The Hall–Kier alpha value is -1.84. The highest BCUT2D eigenvalue weighted by atomic mass is 19.4. The van der Waals surface area contributed by atoms with E-state index in [1.807, 2.05) is 0 Å². The minimum Gasteiger partial charge on any atom is -0.351 e.